The van der Waals surface area contributed by atoms with Crippen molar-refractivity contribution in [1.29, 1.82) is 0 Å². The summed E-state index contributed by atoms with van der Waals surface area (Å²) in [5.41, 5.74) is 0. The van der Waals surface area contributed by atoms with E-state index in [4.69, 9.17) is 0 Å². The van der Waals surface area contributed by atoms with Crippen molar-refractivity contribution >= 4 is 12.6 Å². The van der Waals surface area contributed by atoms with Gasteiger partial charge in [0.25, 0.3) is 0 Å². The highest BCUT2D eigenvalue weighted by Crippen LogP contribution is 2.01. The first-order valence-electron chi connectivity index (χ1n) is 2.27. The molecule has 1 heterocycles. The zero-order chi connectivity index (χ0) is 4.41. The average molecular weight is 103 g/mol. The fourth-order valence-electron chi connectivity index (χ4n) is 0.504. The van der Waals surface area contributed by atoms with E-state index in [-0.39, 0.29) is 0 Å². The second-order valence-corrected chi connectivity index (χ2v) is 1.99. The number of thiol groups is 1. The fourth-order valence-corrected chi connectivity index (χ4v) is 0.816. The minimum Gasteiger partial charge on any atom is -0.313 e. The molecule has 1 atom stereocenters. The van der Waals surface area contributed by atoms with Crippen LogP contribution in [0.5, 0.6) is 0 Å². The van der Waals surface area contributed by atoms with Gasteiger partial charge in [0.05, 0.1) is 0 Å². The average Bonchev–Trinajstić information content (AvgIpc) is 1.31. The Hall–Kier alpha value is 0.310. The van der Waals surface area contributed by atoms with Crippen LogP contribution >= 0.6 is 12.6 Å². The summed E-state index contributed by atoms with van der Waals surface area (Å²) in [5, 5.41) is 3.22. The van der Waals surface area contributed by atoms with Crippen LogP contribution in [-0.2, 0) is 0 Å². The first kappa shape index (κ1) is 4.47. The van der Waals surface area contributed by atoms with Gasteiger partial charge in [0, 0.05) is 11.8 Å². The Morgan fingerprint density at radius 2 is 2.50 bits per heavy atom. The minimum absolute atomic E-state index is 0.730. The van der Waals surface area contributed by atoms with Crippen molar-refractivity contribution in [3.8, 4) is 0 Å². The van der Waals surface area contributed by atoms with Gasteiger partial charge in [-0.1, -0.05) is 0 Å². The van der Waals surface area contributed by atoms with Crippen LogP contribution in [0, 0.1) is 0 Å². The minimum atomic E-state index is 0.730. The molecule has 1 aliphatic rings. The first-order valence-corrected chi connectivity index (χ1v) is 2.91. The van der Waals surface area contributed by atoms with E-state index in [1.165, 1.54) is 13.0 Å². The molecular formula is C4H9NS. The standard InChI is InChI=1S/C4H9NS/c6-3-4-1-2-5-4/h4-6H,1-3H2/t4-/m1/s1. The molecule has 0 aromatic carbocycles. The van der Waals surface area contributed by atoms with E-state index in [0.29, 0.717) is 0 Å². The SMILES string of the molecule is SC[C@H]1CCN1. The fraction of sp³-hybridized carbons (Fsp3) is 1.00. The van der Waals surface area contributed by atoms with Gasteiger partial charge < -0.3 is 5.32 Å². The van der Waals surface area contributed by atoms with Crippen LogP contribution in [0.3, 0.4) is 0 Å². The first-order chi connectivity index (χ1) is 2.93. The molecule has 0 spiro atoms. The lowest BCUT2D eigenvalue weighted by molar-refractivity contribution is 0.406. The van der Waals surface area contributed by atoms with Crippen molar-refractivity contribution < 1.29 is 0 Å². The van der Waals surface area contributed by atoms with Crippen LogP contribution in [0.25, 0.3) is 0 Å². The molecule has 2 heteroatoms. The third-order valence-corrected chi connectivity index (χ3v) is 1.59. The molecule has 0 amide bonds. The Morgan fingerprint density at radius 3 is 2.50 bits per heavy atom. The molecule has 6 heavy (non-hydrogen) atoms. The second kappa shape index (κ2) is 1.85. The highest BCUT2D eigenvalue weighted by molar-refractivity contribution is 7.80. The second-order valence-electron chi connectivity index (χ2n) is 1.62. The van der Waals surface area contributed by atoms with Gasteiger partial charge in [0.15, 0.2) is 0 Å². The molecule has 1 aliphatic heterocycles. The van der Waals surface area contributed by atoms with Gasteiger partial charge in [-0.25, -0.2) is 0 Å². The third kappa shape index (κ3) is 0.684. The predicted octanol–water partition coefficient (Wildman–Crippen LogP) is 0.278. The van der Waals surface area contributed by atoms with Crippen LogP contribution in [-0.4, -0.2) is 18.3 Å². The summed E-state index contributed by atoms with van der Waals surface area (Å²) in [7, 11) is 0. The van der Waals surface area contributed by atoms with Crippen molar-refractivity contribution in [3.63, 3.8) is 0 Å². The zero-order valence-electron chi connectivity index (χ0n) is 3.65. The van der Waals surface area contributed by atoms with Crippen molar-refractivity contribution in [3.05, 3.63) is 0 Å². The summed E-state index contributed by atoms with van der Waals surface area (Å²) < 4.78 is 0. The summed E-state index contributed by atoms with van der Waals surface area (Å²) in [4.78, 5) is 0. The molecule has 1 nitrogen and oxygen atoms in total. The summed E-state index contributed by atoms with van der Waals surface area (Å²) in [5.74, 6) is 1.00. The molecule has 0 aromatic heterocycles. The lowest BCUT2D eigenvalue weighted by atomic mass is 10.1. The normalized spacial score (nSPS) is 32.5. The van der Waals surface area contributed by atoms with E-state index in [2.05, 4.69) is 17.9 Å². The maximum absolute atomic E-state index is 4.08. The maximum atomic E-state index is 4.08. The third-order valence-electron chi connectivity index (χ3n) is 1.15. The molecule has 1 N–H and O–H groups in total. The van der Waals surface area contributed by atoms with Crippen LogP contribution in [0.1, 0.15) is 6.42 Å². The molecule has 1 fully saturated rings. The predicted molar refractivity (Wildman–Crippen MR) is 30.3 cm³/mol. The van der Waals surface area contributed by atoms with E-state index in [9.17, 15) is 0 Å². The molecule has 36 valence electrons. The number of nitrogens with one attached hydrogen (secondary N) is 1. The Labute approximate surface area is 43.5 Å². The summed E-state index contributed by atoms with van der Waals surface area (Å²) >= 11 is 4.08. The van der Waals surface area contributed by atoms with Gasteiger partial charge in [0.1, 0.15) is 0 Å². The lowest BCUT2D eigenvalue weighted by Gasteiger charge is -2.25. The van der Waals surface area contributed by atoms with Gasteiger partial charge in [0.2, 0.25) is 0 Å². The highest BCUT2D eigenvalue weighted by atomic mass is 32.1. The van der Waals surface area contributed by atoms with Gasteiger partial charge in [-0.3, -0.25) is 0 Å². The number of rotatable bonds is 1. The smallest absolute Gasteiger partial charge is 0.0167 e. The lowest BCUT2D eigenvalue weighted by Crippen LogP contribution is -2.43. The van der Waals surface area contributed by atoms with E-state index in [1.54, 1.807) is 0 Å². The Balaban J connectivity index is 2.01. The topological polar surface area (TPSA) is 12.0 Å². The van der Waals surface area contributed by atoms with Gasteiger partial charge in [-0.2, -0.15) is 12.6 Å². The molecule has 0 aliphatic carbocycles. The maximum Gasteiger partial charge on any atom is 0.0167 e. The van der Waals surface area contributed by atoms with E-state index < -0.39 is 0 Å². The van der Waals surface area contributed by atoms with Gasteiger partial charge in [-0.15, -0.1) is 0 Å². The van der Waals surface area contributed by atoms with Crippen molar-refractivity contribution in [2.24, 2.45) is 0 Å². The van der Waals surface area contributed by atoms with Crippen LogP contribution in [0.2, 0.25) is 0 Å². The molecular weight excluding hydrogens is 94.1 g/mol. The number of hydrogen-bond acceptors (Lipinski definition) is 2. The molecule has 0 aromatic rings. The Bertz CT molecular complexity index is 40.1. The van der Waals surface area contributed by atoms with E-state index in [0.717, 1.165) is 11.8 Å². The van der Waals surface area contributed by atoms with Crippen LogP contribution in [0.4, 0.5) is 0 Å². The molecule has 0 bridgehead atoms. The molecule has 1 rings (SSSR count). The Morgan fingerprint density at radius 1 is 1.83 bits per heavy atom. The molecule has 0 saturated carbocycles. The van der Waals surface area contributed by atoms with E-state index >= 15 is 0 Å². The largest absolute Gasteiger partial charge is 0.313 e. The van der Waals surface area contributed by atoms with Gasteiger partial charge >= 0.3 is 0 Å². The van der Waals surface area contributed by atoms with Crippen LogP contribution < -0.4 is 5.32 Å². The van der Waals surface area contributed by atoms with Crippen molar-refractivity contribution in [2.45, 2.75) is 12.5 Å². The molecule has 0 unspecified atom stereocenters. The molecule has 1 saturated heterocycles. The summed E-state index contributed by atoms with van der Waals surface area (Å²) in [6.07, 6.45) is 1.32. The summed E-state index contributed by atoms with van der Waals surface area (Å²) in [6.45, 7) is 1.20. The highest BCUT2D eigenvalue weighted by Gasteiger charge is 2.12. The molecule has 0 radical (unpaired) electrons. The monoisotopic (exact) mass is 103 g/mol. The Kier molecular flexibility index (Phi) is 1.37. The van der Waals surface area contributed by atoms with E-state index in [1.807, 2.05) is 0 Å². The zero-order valence-corrected chi connectivity index (χ0v) is 4.54. The number of hydrogen-bond donors (Lipinski definition) is 2. The quantitative estimate of drug-likeness (QED) is 0.454. The van der Waals surface area contributed by atoms with Crippen molar-refractivity contribution in [2.75, 3.05) is 12.3 Å². The van der Waals surface area contributed by atoms with Gasteiger partial charge in [-0.05, 0) is 13.0 Å². The van der Waals surface area contributed by atoms with Crippen LogP contribution in [0.15, 0.2) is 0 Å². The summed E-state index contributed by atoms with van der Waals surface area (Å²) in [6, 6.07) is 0.730. The van der Waals surface area contributed by atoms with Crippen molar-refractivity contribution in [1.82, 2.24) is 5.32 Å².